The molecule has 1 saturated heterocycles. The molecular weight excluding hydrogens is 376 g/mol. The van der Waals surface area contributed by atoms with Gasteiger partial charge in [0.25, 0.3) is 0 Å². The molecule has 8 heteroatoms. The Labute approximate surface area is 158 Å². The van der Waals surface area contributed by atoms with E-state index in [0.29, 0.717) is 16.5 Å². The Bertz CT molecular complexity index is 898. The number of methoxy groups -OCH3 is 1. The van der Waals surface area contributed by atoms with E-state index in [2.05, 4.69) is 0 Å². The molecule has 1 fully saturated rings. The molecule has 0 aliphatic carbocycles. The van der Waals surface area contributed by atoms with Crippen molar-refractivity contribution >= 4 is 33.2 Å². The second-order valence-corrected chi connectivity index (χ2v) is 8.26. The molecule has 0 spiro atoms. The Hall–Kier alpha value is -2.09. The zero-order valence-corrected chi connectivity index (χ0v) is 16.0. The fourth-order valence-corrected chi connectivity index (χ4v) is 4.65. The van der Waals surface area contributed by atoms with Gasteiger partial charge in [-0.1, -0.05) is 11.6 Å². The van der Waals surface area contributed by atoms with Gasteiger partial charge in [0.15, 0.2) is 0 Å². The SMILES string of the molecule is COc1ccc(N2CCN(S(=O)(=O)c3ccc(Cl)cc3)C(C)C2=O)cc1. The van der Waals surface area contributed by atoms with Crippen LogP contribution in [0.4, 0.5) is 5.69 Å². The minimum absolute atomic E-state index is 0.124. The molecule has 0 radical (unpaired) electrons. The van der Waals surface area contributed by atoms with E-state index in [9.17, 15) is 13.2 Å². The van der Waals surface area contributed by atoms with Crippen LogP contribution in [-0.2, 0) is 14.8 Å². The minimum atomic E-state index is -3.77. The molecule has 1 unspecified atom stereocenters. The molecule has 1 atom stereocenters. The monoisotopic (exact) mass is 394 g/mol. The second kappa shape index (κ2) is 7.26. The van der Waals surface area contributed by atoms with E-state index in [1.54, 1.807) is 43.2 Å². The number of hydrogen-bond donors (Lipinski definition) is 0. The highest BCUT2D eigenvalue weighted by Gasteiger charge is 2.39. The van der Waals surface area contributed by atoms with Gasteiger partial charge < -0.3 is 9.64 Å². The van der Waals surface area contributed by atoms with Gasteiger partial charge in [0.05, 0.1) is 12.0 Å². The van der Waals surface area contributed by atoms with E-state index < -0.39 is 16.1 Å². The zero-order chi connectivity index (χ0) is 18.9. The average Bonchev–Trinajstić information content (AvgIpc) is 2.64. The second-order valence-electron chi connectivity index (χ2n) is 5.93. The first kappa shape index (κ1) is 18.7. The van der Waals surface area contributed by atoms with Crippen molar-refractivity contribution in [3.05, 3.63) is 53.6 Å². The summed E-state index contributed by atoms with van der Waals surface area (Å²) in [6.07, 6.45) is 0. The van der Waals surface area contributed by atoms with E-state index in [-0.39, 0.29) is 23.9 Å². The third-order valence-electron chi connectivity index (χ3n) is 4.40. The first-order valence-electron chi connectivity index (χ1n) is 8.07. The molecule has 26 heavy (non-hydrogen) atoms. The van der Waals surface area contributed by atoms with Crippen LogP contribution in [0.2, 0.25) is 5.02 Å². The lowest BCUT2D eigenvalue weighted by Gasteiger charge is -2.38. The number of carbonyl (C=O) groups excluding carboxylic acids is 1. The molecule has 0 aromatic heterocycles. The predicted molar refractivity (Wildman–Crippen MR) is 100 cm³/mol. The summed E-state index contributed by atoms with van der Waals surface area (Å²) in [6, 6.07) is 12.2. The number of rotatable bonds is 4. The molecule has 0 N–H and O–H groups in total. The van der Waals surface area contributed by atoms with Crippen LogP contribution in [0.25, 0.3) is 0 Å². The molecule has 1 aliphatic heterocycles. The summed E-state index contributed by atoms with van der Waals surface area (Å²) in [4.78, 5) is 14.5. The van der Waals surface area contributed by atoms with E-state index in [1.807, 2.05) is 0 Å². The molecule has 1 amide bonds. The van der Waals surface area contributed by atoms with E-state index in [0.717, 1.165) is 0 Å². The third kappa shape index (κ3) is 3.42. The topological polar surface area (TPSA) is 66.9 Å². The number of ether oxygens (including phenoxy) is 1. The maximum Gasteiger partial charge on any atom is 0.245 e. The van der Waals surface area contributed by atoms with Crippen LogP contribution < -0.4 is 9.64 Å². The summed E-state index contributed by atoms with van der Waals surface area (Å²) in [5.74, 6) is 0.428. The Morgan fingerprint density at radius 1 is 1.04 bits per heavy atom. The number of sulfonamides is 1. The van der Waals surface area contributed by atoms with Gasteiger partial charge in [-0.25, -0.2) is 8.42 Å². The highest BCUT2D eigenvalue weighted by molar-refractivity contribution is 7.89. The van der Waals surface area contributed by atoms with Gasteiger partial charge in [0, 0.05) is 23.8 Å². The number of nitrogens with zero attached hydrogens (tertiary/aromatic N) is 2. The highest BCUT2D eigenvalue weighted by Crippen LogP contribution is 2.27. The van der Waals surface area contributed by atoms with Gasteiger partial charge in [-0.2, -0.15) is 4.31 Å². The minimum Gasteiger partial charge on any atom is -0.497 e. The fourth-order valence-electron chi connectivity index (χ4n) is 2.94. The summed E-state index contributed by atoms with van der Waals surface area (Å²) in [5.41, 5.74) is 0.714. The standard InChI is InChI=1S/C18H19ClN2O4S/c1-13-18(22)20(15-5-7-16(25-2)8-6-15)11-12-21(13)26(23,24)17-9-3-14(19)4-10-17/h3-10,13H,11-12H2,1-2H3. The normalized spacial score (nSPS) is 18.8. The molecule has 2 aromatic rings. The maximum atomic E-state index is 12.9. The van der Waals surface area contributed by atoms with Gasteiger partial charge in [0.1, 0.15) is 11.8 Å². The van der Waals surface area contributed by atoms with Crippen LogP contribution in [0.5, 0.6) is 5.75 Å². The molecule has 1 heterocycles. The van der Waals surface area contributed by atoms with Gasteiger partial charge in [-0.3, -0.25) is 4.79 Å². The Balaban J connectivity index is 1.83. The van der Waals surface area contributed by atoms with Crippen molar-refractivity contribution in [2.24, 2.45) is 0 Å². The van der Waals surface area contributed by atoms with Crippen molar-refractivity contribution < 1.29 is 17.9 Å². The lowest BCUT2D eigenvalue weighted by molar-refractivity contribution is -0.123. The van der Waals surface area contributed by atoms with Crippen molar-refractivity contribution in [2.75, 3.05) is 25.1 Å². The molecule has 3 rings (SSSR count). The smallest absolute Gasteiger partial charge is 0.245 e. The van der Waals surface area contributed by atoms with Gasteiger partial charge >= 0.3 is 0 Å². The fraction of sp³-hybridized carbons (Fsp3) is 0.278. The van der Waals surface area contributed by atoms with Gasteiger partial charge in [0.2, 0.25) is 15.9 Å². The number of hydrogen-bond acceptors (Lipinski definition) is 4. The van der Waals surface area contributed by atoms with Gasteiger partial charge in [-0.15, -0.1) is 0 Å². The highest BCUT2D eigenvalue weighted by atomic mass is 35.5. The Kier molecular flexibility index (Phi) is 5.22. The van der Waals surface area contributed by atoms with Crippen molar-refractivity contribution in [1.29, 1.82) is 0 Å². The first-order chi connectivity index (χ1) is 12.3. The molecule has 138 valence electrons. The van der Waals surface area contributed by atoms with Crippen LogP contribution in [0.1, 0.15) is 6.92 Å². The van der Waals surface area contributed by atoms with Crippen molar-refractivity contribution in [3.8, 4) is 5.75 Å². The number of amides is 1. The number of piperazine rings is 1. The van der Waals surface area contributed by atoms with Crippen LogP contribution in [-0.4, -0.2) is 44.9 Å². The third-order valence-corrected chi connectivity index (χ3v) is 6.64. The summed E-state index contributed by atoms with van der Waals surface area (Å²) in [7, 11) is -2.20. The van der Waals surface area contributed by atoms with E-state index in [4.69, 9.17) is 16.3 Å². The first-order valence-corrected chi connectivity index (χ1v) is 9.89. The van der Waals surface area contributed by atoms with Crippen LogP contribution in [0.15, 0.2) is 53.4 Å². The molecule has 0 bridgehead atoms. The molecule has 0 saturated carbocycles. The zero-order valence-electron chi connectivity index (χ0n) is 14.4. The number of benzene rings is 2. The van der Waals surface area contributed by atoms with E-state index >= 15 is 0 Å². The van der Waals surface area contributed by atoms with Crippen molar-refractivity contribution in [1.82, 2.24) is 4.31 Å². The summed E-state index contributed by atoms with van der Waals surface area (Å²) in [5, 5.41) is 0.456. The Morgan fingerprint density at radius 3 is 2.23 bits per heavy atom. The molecule has 6 nitrogen and oxygen atoms in total. The Morgan fingerprint density at radius 2 is 1.65 bits per heavy atom. The van der Waals surface area contributed by atoms with Crippen molar-refractivity contribution in [2.45, 2.75) is 17.9 Å². The summed E-state index contributed by atoms with van der Waals surface area (Å²) >= 11 is 5.83. The molecule has 1 aliphatic rings. The molecular formula is C18H19ClN2O4S. The van der Waals surface area contributed by atoms with Crippen molar-refractivity contribution in [3.63, 3.8) is 0 Å². The number of halogens is 1. The summed E-state index contributed by atoms with van der Waals surface area (Å²) < 4.78 is 32.1. The summed E-state index contributed by atoms with van der Waals surface area (Å²) in [6.45, 7) is 2.09. The lowest BCUT2D eigenvalue weighted by atomic mass is 10.2. The lowest BCUT2D eigenvalue weighted by Crippen LogP contribution is -2.57. The predicted octanol–water partition coefficient (Wildman–Crippen LogP) is 2.77. The van der Waals surface area contributed by atoms with Crippen LogP contribution in [0.3, 0.4) is 0 Å². The largest absolute Gasteiger partial charge is 0.497 e. The number of anilines is 1. The van der Waals surface area contributed by atoms with E-state index in [1.165, 1.54) is 28.6 Å². The van der Waals surface area contributed by atoms with Crippen LogP contribution >= 0.6 is 11.6 Å². The quantitative estimate of drug-likeness (QED) is 0.799. The van der Waals surface area contributed by atoms with Gasteiger partial charge in [-0.05, 0) is 55.5 Å². The average molecular weight is 395 g/mol. The molecule has 2 aromatic carbocycles. The number of carbonyl (C=O) groups is 1. The maximum absolute atomic E-state index is 12.9. The van der Waals surface area contributed by atoms with Crippen LogP contribution in [0, 0.1) is 0 Å².